The van der Waals surface area contributed by atoms with Crippen LogP contribution in [0.5, 0.6) is 0 Å². The van der Waals surface area contributed by atoms with E-state index in [1.807, 2.05) is 6.20 Å². The molecule has 0 saturated carbocycles. The van der Waals surface area contributed by atoms with Crippen LogP contribution in [0.4, 0.5) is 0 Å². The number of fused-ring (bicyclic) bond motifs is 1. The lowest BCUT2D eigenvalue weighted by Crippen LogP contribution is -2.17. The molecular weight excluding hydrogens is 244 g/mol. The maximum Gasteiger partial charge on any atom is 0.0457 e. The van der Waals surface area contributed by atoms with Gasteiger partial charge in [0, 0.05) is 24.3 Å². The Bertz CT molecular complexity index is 695. The molecule has 2 nitrogen and oxygen atoms in total. The fourth-order valence-electron chi connectivity index (χ4n) is 2.45. The molecule has 1 aromatic heterocycles. The number of aromatic amines is 1. The van der Waals surface area contributed by atoms with Crippen molar-refractivity contribution in [1.82, 2.24) is 10.3 Å². The van der Waals surface area contributed by atoms with E-state index in [4.69, 9.17) is 0 Å². The van der Waals surface area contributed by atoms with Gasteiger partial charge in [0.15, 0.2) is 0 Å². The second-order valence-electron chi connectivity index (χ2n) is 5.41. The lowest BCUT2D eigenvalue weighted by Gasteiger charge is -2.14. The van der Waals surface area contributed by atoms with Crippen LogP contribution in [0.1, 0.15) is 29.7 Å². The van der Waals surface area contributed by atoms with E-state index >= 15 is 0 Å². The molecule has 1 atom stereocenters. The summed E-state index contributed by atoms with van der Waals surface area (Å²) in [7, 11) is 0. The third-order valence-electron chi connectivity index (χ3n) is 3.81. The summed E-state index contributed by atoms with van der Waals surface area (Å²) in [6.45, 7) is 5.20. The normalized spacial score (nSPS) is 12.7. The van der Waals surface area contributed by atoms with E-state index in [0.717, 1.165) is 6.54 Å². The molecule has 0 unspecified atom stereocenters. The zero-order chi connectivity index (χ0) is 13.9. The lowest BCUT2D eigenvalue weighted by atomic mass is 10.1. The summed E-state index contributed by atoms with van der Waals surface area (Å²) in [6, 6.07) is 17.7. The average Bonchev–Trinajstić information content (AvgIpc) is 2.93. The van der Waals surface area contributed by atoms with E-state index in [-0.39, 0.29) is 0 Å². The van der Waals surface area contributed by atoms with Crippen molar-refractivity contribution in [3.8, 4) is 0 Å². The van der Waals surface area contributed by atoms with Gasteiger partial charge in [-0.25, -0.2) is 0 Å². The third-order valence-corrected chi connectivity index (χ3v) is 3.81. The van der Waals surface area contributed by atoms with E-state index in [0.29, 0.717) is 6.04 Å². The predicted octanol–water partition coefficient (Wildman–Crippen LogP) is 4.33. The Kier molecular flexibility index (Phi) is 3.57. The fourth-order valence-corrected chi connectivity index (χ4v) is 2.45. The van der Waals surface area contributed by atoms with Gasteiger partial charge in [0.25, 0.3) is 0 Å². The molecule has 1 heterocycles. The van der Waals surface area contributed by atoms with Crippen LogP contribution in [0.15, 0.2) is 54.7 Å². The summed E-state index contributed by atoms with van der Waals surface area (Å²) < 4.78 is 0. The second-order valence-corrected chi connectivity index (χ2v) is 5.41. The molecule has 2 aromatic carbocycles. The van der Waals surface area contributed by atoms with Gasteiger partial charge < -0.3 is 10.3 Å². The molecule has 20 heavy (non-hydrogen) atoms. The molecule has 0 aliphatic rings. The number of hydrogen-bond acceptors (Lipinski definition) is 1. The summed E-state index contributed by atoms with van der Waals surface area (Å²) in [4.78, 5) is 3.26. The Morgan fingerprint density at radius 3 is 2.65 bits per heavy atom. The van der Waals surface area contributed by atoms with Crippen LogP contribution in [0.25, 0.3) is 10.9 Å². The number of H-pyrrole nitrogens is 1. The van der Waals surface area contributed by atoms with Crippen LogP contribution in [-0.4, -0.2) is 4.98 Å². The van der Waals surface area contributed by atoms with Gasteiger partial charge in [0.2, 0.25) is 0 Å². The molecule has 3 aromatic rings. The number of benzene rings is 2. The predicted molar refractivity (Wildman–Crippen MR) is 84.7 cm³/mol. The highest BCUT2D eigenvalue weighted by atomic mass is 14.9. The fraction of sp³-hybridized carbons (Fsp3) is 0.222. The van der Waals surface area contributed by atoms with Crippen LogP contribution in [-0.2, 0) is 6.54 Å². The quantitative estimate of drug-likeness (QED) is 0.721. The Morgan fingerprint density at radius 2 is 1.85 bits per heavy atom. The number of hydrogen-bond donors (Lipinski definition) is 2. The topological polar surface area (TPSA) is 27.8 Å². The molecule has 0 fully saturated rings. The summed E-state index contributed by atoms with van der Waals surface area (Å²) in [5.74, 6) is 0. The third kappa shape index (κ3) is 2.75. The molecule has 0 bridgehead atoms. The molecule has 102 valence electrons. The summed E-state index contributed by atoms with van der Waals surface area (Å²) in [5.41, 5.74) is 5.14. The largest absolute Gasteiger partial charge is 0.361 e. The van der Waals surface area contributed by atoms with Crippen LogP contribution < -0.4 is 5.32 Å². The minimum atomic E-state index is 0.356. The molecule has 0 aliphatic heterocycles. The maximum atomic E-state index is 3.58. The van der Waals surface area contributed by atoms with Gasteiger partial charge in [-0.1, -0.05) is 42.0 Å². The number of aryl methyl sites for hydroxylation is 1. The van der Waals surface area contributed by atoms with Crippen molar-refractivity contribution in [2.24, 2.45) is 0 Å². The number of rotatable bonds is 4. The maximum absolute atomic E-state index is 3.58. The van der Waals surface area contributed by atoms with Gasteiger partial charge in [0.05, 0.1) is 0 Å². The molecule has 3 rings (SSSR count). The molecule has 0 saturated heterocycles. The van der Waals surface area contributed by atoms with Crippen molar-refractivity contribution in [3.63, 3.8) is 0 Å². The first-order valence-corrected chi connectivity index (χ1v) is 7.08. The lowest BCUT2D eigenvalue weighted by molar-refractivity contribution is 0.575. The molecule has 0 aliphatic carbocycles. The van der Waals surface area contributed by atoms with Gasteiger partial charge >= 0.3 is 0 Å². The van der Waals surface area contributed by atoms with Gasteiger partial charge in [-0.05, 0) is 42.5 Å². The van der Waals surface area contributed by atoms with E-state index in [2.05, 4.69) is 72.7 Å². The van der Waals surface area contributed by atoms with Gasteiger partial charge in [-0.3, -0.25) is 0 Å². The van der Waals surface area contributed by atoms with E-state index in [1.54, 1.807) is 0 Å². The van der Waals surface area contributed by atoms with Crippen LogP contribution in [0.2, 0.25) is 0 Å². The van der Waals surface area contributed by atoms with Crippen molar-refractivity contribution >= 4 is 10.9 Å². The molecular formula is C18H20N2. The van der Waals surface area contributed by atoms with Crippen LogP contribution in [0, 0.1) is 6.92 Å². The summed E-state index contributed by atoms with van der Waals surface area (Å²) >= 11 is 0. The Hall–Kier alpha value is -2.06. The van der Waals surface area contributed by atoms with Crippen molar-refractivity contribution in [1.29, 1.82) is 0 Å². The minimum absolute atomic E-state index is 0.356. The molecule has 0 spiro atoms. The molecule has 2 N–H and O–H groups in total. The smallest absolute Gasteiger partial charge is 0.0457 e. The van der Waals surface area contributed by atoms with E-state index < -0.39 is 0 Å². The Labute approximate surface area is 119 Å². The molecule has 2 heteroatoms. The Morgan fingerprint density at radius 1 is 1.05 bits per heavy atom. The minimum Gasteiger partial charge on any atom is -0.361 e. The summed E-state index contributed by atoms with van der Waals surface area (Å²) in [6.07, 6.45) is 1.98. The number of nitrogens with one attached hydrogen (secondary N) is 2. The first kappa shape index (κ1) is 12.9. The molecule has 0 amide bonds. The van der Waals surface area contributed by atoms with Crippen molar-refractivity contribution in [3.05, 3.63) is 71.4 Å². The summed E-state index contributed by atoms with van der Waals surface area (Å²) in [5, 5.41) is 4.84. The van der Waals surface area contributed by atoms with Gasteiger partial charge in [-0.2, -0.15) is 0 Å². The van der Waals surface area contributed by atoms with E-state index in [1.165, 1.54) is 27.6 Å². The van der Waals surface area contributed by atoms with Gasteiger partial charge in [-0.15, -0.1) is 0 Å². The van der Waals surface area contributed by atoms with Crippen LogP contribution >= 0.6 is 0 Å². The highest BCUT2D eigenvalue weighted by molar-refractivity contribution is 5.79. The highest BCUT2D eigenvalue weighted by Crippen LogP contribution is 2.16. The number of aromatic nitrogens is 1. The average molecular weight is 264 g/mol. The first-order valence-electron chi connectivity index (χ1n) is 7.08. The second kappa shape index (κ2) is 5.51. The van der Waals surface area contributed by atoms with Crippen molar-refractivity contribution < 1.29 is 0 Å². The van der Waals surface area contributed by atoms with Crippen LogP contribution in [0.3, 0.4) is 0 Å². The highest BCUT2D eigenvalue weighted by Gasteiger charge is 2.05. The van der Waals surface area contributed by atoms with Gasteiger partial charge in [0.1, 0.15) is 0 Å². The van der Waals surface area contributed by atoms with Crippen molar-refractivity contribution in [2.75, 3.05) is 0 Å². The molecule has 0 radical (unpaired) electrons. The SMILES string of the molecule is Cc1ccc([C@H](C)NCc2ccc3cc[nH]c3c2)cc1. The van der Waals surface area contributed by atoms with E-state index in [9.17, 15) is 0 Å². The van der Waals surface area contributed by atoms with Crippen molar-refractivity contribution in [2.45, 2.75) is 26.4 Å². The standard InChI is InChI=1S/C18H20N2/c1-13-3-6-16(7-4-13)14(2)20-12-15-5-8-17-9-10-19-18(17)11-15/h3-11,14,19-20H,12H2,1-2H3/t14-/m0/s1. The Balaban J connectivity index is 1.67. The monoisotopic (exact) mass is 264 g/mol. The zero-order valence-corrected chi connectivity index (χ0v) is 12.0. The zero-order valence-electron chi connectivity index (χ0n) is 12.0. The first-order chi connectivity index (χ1) is 9.72.